The number of methoxy groups -OCH3 is 2. The van der Waals surface area contributed by atoms with Crippen molar-refractivity contribution >= 4 is 0 Å². The van der Waals surface area contributed by atoms with E-state index in [1.165, 1.54) is 26.4 Å². The highest BCUT2D eigenvalue weighted by atomic mass is 16.7. The van der Waals surface area contributed by atoms with Gasteiger partial charge in [-0.15, -0.1) is 0 Å². The van der Waals surface area contributed by atoms with E-state index in [0.717, 1.165) is 11.1 Å². The van der Waals surface area contributed by atoms with Crippen LogP contribution in [0.25, 0.3) is 0 Å². The molecule has 0 aliphatic carbocycles. The van der Waals surface area contributed by atoms with Gasteiger partial charge in [-0.1, -0.05) is 12.1 Å². The number of aliphatic hydroxyl groups excluding tert-OH is 5. The number of aliphatic hydroxyl groups is 5. The Labute approximate surface area is 215 Å². The molecule has 7 atom stereocenters. The molecule has 206 valence electrons. The van der Waals surface area contributed by atoms with Crippen LogP contribution in [0.4, 0.5) is 0 Å². The minimum Gasteiger partial charge on any atom is -0.504 e. The molecule has 0 unspecified atom stereocenters. The number of phenols is 2. The summed E-state index contributed by atoms with van der Waals surface area (Å²) >= 11 is 0. The maximum Gasteiger partial charge on any atom is 0.186 e. The second-order valence-electron chi connectivity index (χ2n) is 9.15. The molecule has 1 saturated heterocycles. The first-order chi connectivity index (χ1) is 17.7. The van der Waals surface area contributed by atoms with Gasteiger partial charge in [0, 0.05) is 6.61 Å². The van der Waals surface area contributed by atoms with Crippen molar-refractivity contribution in [3.05, 3.63) is 47.5 Å². The number of ether oxygens (including phenoxy) is 4. The fraction of sp³-hybridized carbons (Fsp3) is 0.538. The highest BCUT2D eigenvalue weighted by Gasteiger charge is 2.44. The van der Waals surface area contributed by atoms with E-state index in [0.29, 0.717) is 18.6 Å². The lowest BCUT2D eigenvalue weighted by Crippen LogP contribution is -2.59. The predicted molar refractivity (Wildman–Crippen MR) is 131 cm³/mol. The number of hydrogen-bond donors (Lipinski definition) is 7. The lowest BCUT2D eigenvalue weighted by molar-refractivity contribution is -0.304. The van der Waals surface area contributed by atoms with E-state index in [1.807, 2.05) is 0 Å². The van der Waals surface area contributed by atoms with Crippen LogP contribution in [0.1, 0.15) is 11.1 Å². The van der Waals surface area contributed by atoms with Gasteiger partial charge in [0.05, 0.1) is 27.4 Å². The van der Waals surface area contributed by atoms with Crippen LogP contribution < -0.4 is 9.47 Å². The van der Waals surface area contributed by atoms with Crippen LogP contribution in [0.3, 0.4) is 0 Å². The van der Waals surface area contributed by atoms with Crippen molar-refractivity contribution < 1.29 is 54.7 Å². The van der Waals surface area contributed by atoms with Crippen molar-refractivity contribution in [3.63, 3.8) is 0 Å². The quantitative estimate of drug-likeness (QED) is 0.198. The molecule has 1 fully saturated rings. The zero-order valence-corrected chi connectivity index (χ0v) is 20.8. The molecule has 0 radical (unpaired) electrons. The normalized spacial score (nSPS) is 25.4. The Morgan fingerprint density at radius 2 is 1.32 bits per heavy atom. The lowest BCUT2D eigenvalue weighted by Gasteiger charge is -2.40. The summed E-state index contributed by atoms with van der Waals surface area (Å²) in [6, 6.07) is 9.80. The SMILES string of the molecule is COc1cc(C[C@@H](CO[C@@H]2O[C@@H](CO)[C@@H](O)[C@@H](O)[C@H]2O)[C@@H](CO)Cc2ccc(O)c(OC)c2)ccc1O. The molecule has 7 N–H and O–H groups in total. The standard InChI is InChI=1S/C26H36O11/c1-34-20-9-14(3-5-18(20)29)7-16(11-27)17(8-15-4-6-19(30)21(10-15)35-2)13-36-26-25(33)24(32)23(31)22(12-28)37-26/h3-6,9-10,16-17,22-33H,7-8,11-13H2,1-2H3/t16-,17+,22+,23-,24-,25-,26-/m1/s1. The topological polar surface area (TPSA) is 179 Å². The van der Waals surface area contributed by atoms with Crippen LogP contribution in [-0.4, -0.2) is 100 Å². The van der Waals surface area contributed by atoms with Crippen molar-refractivity contribution in [3.8, 4) is 23.0 Å². The Morgan fingerprint density at radius 3 is 1.81 bits per heavy atom. The van der Waals surface area contributed by atoms with Crippen LogP contribution in [0.2, 0.25) is 0 Å². The Morgan fingerprint density at radius 1 is 0.784 bits per heavy atom. The molecule has 3 rings (SSSR count). The van der Waals surface area contributed by atoms with Crippen LogP contribution >= 0.6 is 0 Å². The Balaban J connectivity index is 1.83. The van der Waals surface area contributed by atoms with Crippen molar-refractivity contribution in [2.75, 3.05) is 34.0 Å². The average molecular weight is 525 g/mol. The zero-order chi connectivity index (χ0) is 27.1. The summed E-state index contributed by atoms with van der Waals surface area (Å²) < 4.78 is 21.7. The number of benzene rings is 2. The molecule has 0 amide bonds. The molecule has 37 heavy (non-hydrogen) atoms. The third-order valence-corrected chi connectivity index (χ3v) is 6.71. The van der Waals surface area contributed by atoms with Gasteiger partial charge < -0.3 is 54.7 Å². The van der Waals surface area contributed by atoms with E-state index in [9.17, 15) is 35.7 Å². The average Bonchev–Trinajstić information content (AvgIpc) is 2.91. The number of rotatable bonds is 12. The fourth-order valence-corrected chi connectivity index (χ4v) is 4.47. The highest BCUT2D eigenvalue weighted by molar-refractivity contribution is 5.43. The third-order valence-electron chi connectivity index (χ3n) is 6.71. The predicted octanol–water partition coefficient (Wildman–Crippen LogP) is -0.0586. The molecule has 0 aromatic heterocycles. The first kappa shape index (κ1) is 28.9. The van der Waals surface area contributed by atoms with Gasteiger partial charge in [-0.2, -0.15) is 0 Å². The van der Waals surface area contributed by atoms with Crippen LogP contribution in [-0.2, 0) is 22.3 Å². The fourth-order valence-electron chi connectivity index (χ4n) is 4.47. The van der Waals surface area contributed by atoms with Crippen molar-refractivity contribution in [2.45, 2.75) is 43.5 Å². The summed E-state index contributed by atoms with van der Waals surface area (Å²) in [7, 11) is 2.88. The molecule has 11 heteroatoms. The summed E-state index contributed by atoms with van der Waals surface area (Å²) in [5.74, 6) is -0.160. The first-order valence-electron chi connectivity index (χ1n) is 12.0. The van der Waals surface area contributed by atoms with Crippen molar-refractivity contribution in [1.29, 1.82) is 0 Å². The Hall–Kier alpha value is -2.64. The molecule has 11 nitrogen and oxygen atoms in total. The van der Waals surface area contributed by atoms with Gasteiger partial charge in [0.15, 0.2) is 29.3 Å². The zero-order valence-electron chi connectivity index (χ0n) is 20.8. The van der Waals surface area contributed by atoms with Crippen LogP contribution in [0, 0.1) is 11.8 Å². The highest BCUT2D eigenvalue weighted by Crippen LogP contribution is 2.32. The van der Waals surface area contributed by atoms with Crippen molar-refractivity contribution in [2.24, 2.45) is 11.8 Å². The molecular weight excluding hydrogens is 488 g/mol. The second kappa shape index (κ2) is 13.2. The maximum absolute atomic E-state index is 10.4. The molecule has 1 aliphatic heterocycles. The monoisotopic (exact) mass is 524 g/mol. The van der Waals surface area contributed by atoms with Gasteiger partial charge in [-0.25, -0.2) is 0 Å². The summed E-state index contributed by atoms with van der Waals surface area (Å²) in [6.07, 6.45) is -6.29. The van der Waals surface area contributed by atoms with Gasteiger partial charge in [0.2, 0.25) is 0 Å². The minimum atomic E-state index is -1.58. The molecule has 0 saturated carbocycles. The maximum atomic E-state index is 10.4. The first-order valence-corrected chi connectivity index (χ1v) is 12.0. The molecule has 0 bridgehead atoms. The van der Waals surface area contributed by atoms with E-state index in [-0.39, 0.29) is 42.3 Å². The molecular formula is C26H36O11. The molecule has 2 aromatic carbocycles. The molecule has 1 aliphatic rings. The van der Waals surface area contributed by atoms with Gasteiger partial charge >= 0.3 is 0 Å². The third kappa shape index (κ3) is 7.02. The Bertz CT molecular complexity index is 998. The number of phenolic OH excluding ortho intramolecular Hbond substituents is 2. The smallest absolute Gasteiger partial charge is 0.186 e. The summed E-state index contributed by atoms with van der Waals surface area (Å²) in [6.45, 7) is -0.822. The van der Waals surface area contributed by atoms with Gasteiger partial charge in [0.25, 0.3) is 0 Å². The molecule has 0 spiro atoms. The number of hydrogen-bond acceptors (Lipinski definition) is 11. The summed E-state index contributed by atoms with van der Waals surface area (Å²) in [5, 5.41) is 70.1. The van der Waals surface area contributed by atoms with E-state index < -0.39 is 37.3 Å². The second-order valence-corrected chi connectivity index (χ2v) is 9.15. The largest absolute Gasteiger partial charge is 0.504 e. The van der Waals surface area contributed by atoms with Gasteiger partial charge in [-0.3, -0.25) is 0 Å². The van der Waals surface area contributed by atoms with Crippen LogP contribution in [0.15, 0.2) is 36.4 Å². The molecule has 2 aromatic rings. The van der Waals surface area contributed by atoms with E-state index >= 15 is 0 Å². The van der Waals surface area contributed by atoms with Crippen molar-refractivity contribution in [1.82, 2.24) is 0 Å². The van der Waals surface area contributed by atoms with E-state index in [4.69, 9.17) is 18.9 Å². The number of aromatic hydroxyl groups is 2. The lowest BCUT2D eigenvalue weighted by atomic mass is 9.83. The van der Waals surface area contributed by atoms with E-state index in [1.54, 1.807) is 24.3 Å². The van der Waals surface area contributed by atoms with E-state index in [2.05, 4.69) is 0 Å². The Kier molecular flexibility index (Phi) is 10.4. The van der Waals surface area contributed by atoms with Gasteiger partial charge in [-0.05, 0) is 60.1 Å². The molecule has 1 heterocycles. The summed E-state index contributed by atoms with van der Waals surface area (Å²) in [5.41, 5.74) is 1.59. The van der Waals surface area contributed by atoms with Gasteiger partial charge in [0.1, 0.15) is 24.4 Å². The van der Waals surface area contributed by atoms with Crippen LogP contribution in [0.5, 0.6) is 23.0 Å². The summed E-state index contributed by atoms with van der Waals surface area (Å²) in [4.78, 5) is 0. The minimum absolute atomic E-state index is 0.00881.